The fraction of sp³-hybridized carbons (Fsp3) is 0.0769. The summed E-state index contributed by atoms with van der Waals surface area (Å²) in [6, 6.07) is 12.4. The highest BCUT2D eigenvalue weighted by molar-refractivity contribution is 6.28. The molecular weight excluding hydrogens is 254 g/mol. The van der Waals surface area contributed by atoms with Crippen molar-refractivity contribution in [1.29, 1.82) is 0 Å². The van der Waals surface area contributed by atoms with Crippen molar-refractivity contribution in [2.24, 2.45) is 0 Å². The largest absolute Gasteiger partial charge is 0.445 e. The molecule has 0 saturated carbocycles. The summed E-state index contributed by atoms with van der Waals surface area (Å²) >= 11 is 5.62. The highest BCUT2D eigenvalue weighted by Gasteiger charge is 2.13. The van der Waals surface area contributed by atoms with Gasteiger partial charge >= 0.3 is 0 Å². The number of rotatable bonds is 4. The summed E-state index contributed by atoms with van der Waals surface area (Å²) in [5.74, 6) is 0.377. The zero-order valence-electron chi connectivity index (χ0n) is 9.38. The molecule has 1 heterocycles. The second-order valence-corrected chi connectivity index (χ2v) is 4.07. The third-order valence-electron chi connectivity index (χ3n) is 2.37. The van der Waals surface area contributed by atoms with E-state index >= 15 is 0 Å². The SMILES string of the molecule is O=[N+]([O-])/C(=C\c1ccc(Cl)o1)Cc1ccccc1. The maximum atomic E-state index is 11.0. The van der Waals surface area contributed by atoms with Crippen LogP contribution in [0.5, 0.6) is 0 Å². The first-order chi connectivity index (χ1) is 8.65. The molecule has 1 aromatic carbocycles. The van der Waals surface area contributed by atoms with Crippen molar-refractivity contribution in [3.8, 4) is 0 Å². The average molecular weight is 264 g/mol. The summed E-state index contributed by atoms with van der Waals surface area (Å²) in [6.45, 7) is 0. The zero-order chi connectivity index (χ0) is 13.0. The third-order valence-corrected chi connectivity index (χ3v) is 2.57. The fourth-order valence-corrected chi connectivity index (χ4v) is 1.70. The summed E-state index contributed by atoms with van der Waals surface area (Å²) in [4.78, 5) is 10.6. The Labute approximate surface area is 109 Å². The number of halogens is 1. The first-order valence-electron chi connectivity index (χ1n) is 5.29. The minimum absolute atomic E-state index is 0.0622. The Morgan fingerprint density at radius 3 is 2.56 bits per heavy atom. The summed E-state index contributed by atoms with van der Waals surface area (Å²) in [5.41, 5.74) is 0.935. The van der Waals surface area contributed by atoms with E-state index in [1.54, 1.807) is 12.1 Å². The van der Waals surface area contributed by atoms with Crippen molar-refractivity contribution < 1.29 is 9.34 Å². The second-order valence-electron chi connectivity index (χ2n) is 3.70. The molecule has 0 amide bonds. The highest BCUT2D eigenvalue weighted by atomic mass is 35.5. The molecule has 92 valence electrons. The third kappa shape index (κ3) is 3.21. The van der Waals surface area contributed by atoms with E-state index in [9.17, 15) is 10.1 Å². The van der Waals surface area contributed by atoms with E-state index in [0.29, 0.717) is 5.76 Å². The molecule has 0 atom stereocenters. The van der Waals surface area contributed by atoms with Crippen LogP contribution in [0.1, 0.15) is 11.3 Å². The molecule has 5 heteroatoms. The van der Waals surface area contributed by atoms with E-state index in [0.717, 1.165) is 5.56 Å². The number of hydrogen-bond donors (Lipinski definition) is 0. The first-order valence-corrected chi connectivity index (χ1v) is 5.67. The Morgan fingerprint density at radius 1 is 1.28 bits per heavy atom. The monoisotopic (exact) mass is 263 g/mol. The van der Waals surface area contributed by atoms with Crippen molar-refractivity contribution >= 4 is 17.7 Å². The molecule has 2 aromatic rings. The van der Waals surface area contributed by atoms with Gasteiger partial charge in [-0.3, -0.25) is 10.1 Å². The Kier molecular flexibility index (Phi) is 3.79. The molecule has 0 spiro atoms. The molecule has 4 nitrogen and oxygen atoms in total. The number of hydrogen-bond acceptors (Lipinski definition) is 3. The normalized spacial score (nSPS) is 11.5. The van der Waals surface area contributed by atoms with Gasteiger partial charge in [-0.05, 0) is 29.3 Å². The van der Waals surface area contributed by atoms with Crippen molar-refractivity contribution in [3.05, 3.63) is 74.8 Å². The van der Waals surface area contributed by atoms with Crippen LogP contribution in [0.3, 0.4) is 0 Å². The molecule has 18 heavy (non-hydrogen) atoms. The molecule has 0 aliphatic carbocycles. The van der Waals surface area contributed by atoms with Gasteiger partial charge in [0.2, 0.25) is 0 Å². The summed E-state index contributed by atoms with van der Waals surface area (Å²) in [5, 5.41) is 11.2. The second kappa shape index (κ2) is 5.51. The Bertz CT molecular complexity index is 575. The summed E-state index contributed by atoms with van der Waals surface area (Å²) in [6.07, 6.45) is 1.63. The number of nitrogens with zero attached hydrogens (tertiary/aromatic N) is 1. The van der Waals surface area contributed by atoms with Crippen molar-refractivity contribution in [3.63, 3.8) is 0 Å². The fourth-order valence-electron chi connectivity index (χ4n) is 1.54. The van der Waals surface area contributed by atoms with Gasteiger partial charge in [0.1, 0.15) is 5.76 Å². The Hall–Kier alpha value is -2.07. The van der Waals surface area contributed by atoms with Gasteiger partial charge in [-0.1, -0.05) is 30.3 Å². The summed E-state index contributed by atoms with van der Waals surface area (Å²) < 4.78 is 5.09. The van der Waals surface area contributed by atoms with E-state index in [1.165, 1.54) is 6.08 Å². The van der Waals surface area contributed by atoms with Gasteiger partial charge in [0, 0.05) is 0 Å². The van der Waals surface area contributed by atoms with E-state index in [1.807, 2.05) is 30.3 Å². The van der Waals surface area contributed by atoms with Crippen LogP contribution in [0.25, 0.3) is 6.08 Å². The lowest BCUT2D eigenvalue weighted by molar-refractivity contribution is -0.425. The molecule has 0 fully saturated rings. The average Bonchev–Trinajstić information content (AvgIpc) is 2.75. The van der Waals surface area contributed by atoms with Gasteiger partial charge in [-0.15, -0.1) is 0 Å². The van der Waals surface area contributed by atoms with Gasteiger partial charge in [-0.25, -0.2) is 0 Å². The van der Waals surface area contributed by atoms with Crippen LogP contribution in [0.15, 0.2) is 52.6 Å². The first kappa shape index (κ1) is 12.4. The molecule has 0 bridgehead atoms. The van der Waals surface area contributed by atoms with Crippen LogP contribution in [0, 0.1) is 10.1 Å². The smallest absolute Gasteiger partial charge is 0.254 e. The number of nitro groups is 1. The zero-order valence-corrected chi connectivity index (χ0v) is 10.1. The van der Waals surface area contributed by atoms with Gasteiger partial charge in [0.15, 0.2) is 5.22 Å². The highest BCUT2D eigenvalue weighted by Crippen LogP contribution is 2.18. The molecule has 0 aliphatic heterocycles. The molecule has 0 radical (unpaired) electrons. The lowest BCUT2D eigenvalue weighted by atomic mass is 10.1. The van der Waals surface area contributed by atoms with E-state index in [4.69, 9.17) is 16.0 Å². The van der Waals surface area contributed by atoms with Crippen LogP contribution in [0.2, 0.25) is 5.22 Å². The number of furan rings is 1. The van der Waals surface area contributed by atoms with Gasteiger partial charge in [0.25, 0.3) is 5.70 Å². The van der Waals surface area contributed by atoms with E-state index in [-0.39, 0.29) is 17.3 Å². The molecular formula is C13H10ClNO3. The Morgan fingerprint density at radius 2 is 2.00 bits per heavy atom. The standard InChI is InChI=1S/C13H10ClNO3/c14-13-7-6-12(18-13)9-11(15(16)17)8-10-4-2-1-3-5-10/h1-7,9H,8H2/b11-9-. The molecule has 2 rings (SSSR count). The number of benzene rings is 1. The van der Waals surface area contributed by atoms with E-state index in [2.05, 4.69) is 0 Å². The van der Waals surface area contributed by atoms with Crippen LogP contribution < -0.4 is 0 Å². The van der Waals surface area contributed by atoms with Gasteiger partial charge in [0.05, 0.1) is 17.4 Å². The quantitative estimate of drug-likeness (QED) is 0.623. The maximum Gasteiger partial charge on any atom is 0.254 e. The molecule has 0 saturated heterocycles. The minimum atomic E-state index is -0.413. The van der Waals surface area contributed by atoms with Crippen LogP contribution in [-0.2, 0) is 6.42 Å². The molecule has 1 aromatic heterocycles. The Balaban J connectivity index is 2.24. The minimum Gasteiger partial charge on any atom is -0.445 e. The predicted molar refractivity (Wildman–Crippen MR) is 68.8 cm³/mol. The lowest BCUT2D eigenvalue weighted by Crippen LogP contribution is -2.02. The molecule has 0 unspecified atom stereocenters. The molecule has 0 N–H and O–H groups in total. The van der Waals surface area contributed by atoms with Gasteiger partial charge in [-0.2, -0.15) is 0 Å². The maximum absolute atomic E-state index is 11.0. The lowest BCUT2D eigenvalue weighted by Gasteiger charge is -1.98. The van der Waals surface area contributed by atoms with Crippen LogP contribution in [-0.4, -0.2) is 4.92 Å². The van der Waals surface area contributed by atoms with Crippen molar-refractivity contribution in [1.82, 2.24) is 0 Å². The predicted octanol–water partition coefficient (Wildman–Crippen LogP) is 3.79. The molecule has 0 aliphatic rings. The van der Waals surface area contributed by atoms with Crippen molar-refractivity contribution in [2.75, 3.05) is 0 Å². The van der Waals surface area contributed by atoms with Crippen LogP contribution >= 0.6 is 11.6 Å². The number of allylic oxidation sites excluding steroid dienone is 1. The van der Waals surface area contributed by atoms with E-state index < -0.39 is 4.92 Å². The van der Waals surface area contributed by atoms with Crippen LogP contribution in [0.4, 0.5) is 0 Å². The van der Waals surface area contributed by atoms with Crippen molar-refractivity contribution in [2.45, 2.75) is 6.42 Å². The summed E-state index contributed by atoms with van der Waals surface area (Å²) in [7, 11) is 0. The topological polar surface area (TPSA) is 56.3 Å². The van der Waals surface area contributed by atoms with Gasteiger partial charge < -0.3 is 4.42 Å².